The Kier molecular flexibility index (Phi) is 9.69. The molecule has 1 unspecified atom stereocenters. The van der Waals surface area contributed by atoms with Crippen molar-refractivity contribution in [2.45, 2.75) is 69.4 Å². The highest BCUT2D eigenvalue weighted by Crippen LogP contribution is 2.33. The van der Waals surface area contributed by atoms with Gasteiger partial charge in [-0.25, -0.2) is 18.0 Å². The highest BCUT2D eigenvalue weighted by Gasteiger charge is 2.47. The van der Waals surface area contributed by atoms with Crippen molar-refractivity contribution in [3.05, 3.63) is 47.3 Å². The van der Waals surface area contributed by atoms with Crippen LogP contribution in [0, 0.1) is 17.1 Å². The first-order valence-corrected chi connectivity index (χ1v) is 12.8. The molecule has 0 bridgehead atoms. The monoisotopic (exact) mass is 550 g/mol. The molecule has 1 aromatic carbocycles. The van der Waals surface area contributed by atoms with Crippen molar-refractivity contribution in [2.75, 3.05) is 26.2 Å². The van der Waals surface area contributed by atoms with E-state index in [4.69, 9.17) is 4.74 Å². The van der Waals surface area contributed by atoms with Gasteiger partial charge < -0.3 is 25.0 Å². The standard InChI is InChI=1S/C26H34BF3N4O5/c1-25(2,33-9-8-20(29)14-33)11-18(13-31)23(35)34-15-21(30)12-26(34,3)16-39-24(36)32-22(27(37)38)10-17-4-6-19(28)7-5-17/h4-7,11,20-22,37-38H,8-10,12,14-16H2,1-3H3,(H,32,36)/t20-,21+,22?,26-/m1/s1. The number of rotatable bonds is 9. The van der Waals surface area contributed by atoms with Gasteiger partial charge in [-0.1, -0.05) is 12.1 Å². The van der Waals surface area contributed by atoms with Gasteiger partial charge in [0.25, 0.3) is 5.91 Å². The minimum atomic E-state index is -1.95. The first-order chi connectivity index (χ1) is 18.2. The Bertz CT molecular complexity index is 1110. The first-order valence-electron chi connectivity index (χ1n) is 12.8. The number of likely N-dealkylation sites (tertiary alicyclic amines) is 2. The highest BCUT2D eigenvalue weighted by atomic mass is 19.1. The van der Waals surface area contributed by atoms with E-state index in [-0.39, 0.29) is 31.5 Å². The molecule has 2 aliphatic heterocycles. The minimum absolute atomic E-state index is 0.0340. The smallest absolute Gasteiger partial charge is 0.447 e. The van der Waals surface area contributed by atoms with Crippen molar-refractivity contribution in [1.82, 2.24) is 15.1 Å². The molecule has 2 fully saturated rings. The maximum atomic E-state index is 14.5. The second-order valence-corrected chi connectivity index (χ2v) is 10.9. The lowest BCUT2D eigenvalue weighted by Gasteiger charge is -2.36. The molecule has 4 atom stereocenters. The van der Waals surface area contributed by atoms with Crippen molar-refractivity contribution in [3.8, 4) is 6.07 Å². The molecule has 9 nitrogen and oxygen atoms in total. The highest BCUT2D eigenvalue weighted by molar-refractivity contribution is 6.43. The third kappa shape index (κ3) is 7.74. The number of hydrogen-bond donors (Lipinski definition) is 3. The van der Waals surface area contributed by atoms with Crippen LogP contribution in [0.5, 0.6) is 0 Å². The molecule has 0 spiro atoms. The van der Waals surface area contributed by atoms with Crippen molar-refractivity contribution < 1.29 is 37.5 Å². The Balaban J connectivity index is 1.68. The molecule has 0 aromatic heterocycles. The van der Waals surface area contributed by atoms with Gasteiger partial charge in [0.2, 0.25) is 0 Å². The summed E-state index contributed by atoms with van der Waals surface area (Å²) < 4.78 is 46.7. The van der Waals surface area contributed by atoms with E-state index in [0.717, 1.165) is 4.90 Å². The third-order valence-electron chi connectivity index (χ3n) is 7.28. The van der Waals surface area contributed by atoms with Gasteiger partial charge in [0.15, 0.2) is 0 Å². The molecule has 2 aliphatic rings. The van der Waals surface area contributed by atoms with Gasteiger partial charge in [0.05, 0.1) is 18.0 Å². The number of alkyl carbamates (subject to hydrolysis) is 1. The number of hydrogen-bond acceptors (Lipinski definition) is 7. The molecule has 0 saturated carbocycles. The molecule has 39 heavy (non-hydrogen) atoms. The number of carbonyl (C=O) groups is 2. The summed E-state index contributed by atoms with van der Waals surface area (Å²) in [7, 11) is -1.95. The van der Waals surface area contributed by atoms with Crippen LogP contribution < -0.4 is 5.32 Å². The fraction of sp³-hybridized carbons (Fsp3) is 0.577. The number of nitriles is 1. The van der Waals surface area contributed by atoms with E-state index in [1.54, 1.807) is 13.8 Å². The molecule has 3 N–H and O–H groups in total. The Morgan fingerprint density at radius 1 is 1.28 bits per heavy atom. The second kappa shape index (κ2) is 12.4. The number of nitrogens with zero attached hydrogens (tertiary/aromatic N) is 3. The zero-order valence-corrected chi connectivity index (χ0v) is 22.2. The van der Waals surface area contributed by atoms with Gasteiger partial charge in [0.1, 0.15) is 36.4 Å². The van der Waals surface area contributed by atoms with Crippen LogP contribution in [-0.4, -0.2) is 94.6 Å². The molecule has 212 valence electrons. The summed E-state index contributed by atoms with van der Waals surface area (Å²) in [4.78, 5) is 28.8. The Morgan fingerprint density at radius 3 is 2.51 bits per heavy atom. The number of halogens is 3. The van der Waals surface area contributed by atoms with E-state index in [9.17, 15) is 38.1 Å². The SMILES string of the molecule is CC(C)(C=C(C#N)C(=O)N1C[C@@H](F)C[C@]1(C)COC(=O)NC(Cc1ccc(F)cc1)B(O)O)N1CC[C@@H](F)C1. The fourth-order valence-corrected chi connectivity index (χ4v) is 5.03. The molecule has 3 rings (SSSR count). The average molecular weight is 550 g/mol. The summed E-state index contributed by atoms with van der Waals surface area (Å²) in [6.45, 7) is 4.98. The maximum Gasteiger partial charge on any atom is 0.475 e. The topological polar surface area (TPSA) is 126 Å². The normalized spacial score (nSPS) is 24.8. The number of alkyl halides is 2. The summed E-state index contributed by atoms with van der Waals surface area (Å²) >= 11 is 0. The molecule has 2 saturated heterocycles. The Hall–Kier alpha value is -3.08. The molecule has 2 heterocycles. The van der Waals surface area contributed by atoms with Gasteiger partial charge in [-0.15, -0.1) is 0 Å². The predicted molar refractivity (Wildman–Crippen MR) is 137 cm³/mol. The van der Waals surface area contributed by atoms with Gasteiger partial charge in [-0.3, -0.25) is 9.69 Å². The quantitative estimate of drug-likeness (QED) is 0.244. The molecule has 13 heteroatoms. The number of ether oxygens (including phenoxy) is 1. The van der Waals surface area contributed by atoms with Crippen LogP contribution >= 0.6 is 0 Å². The summed E-state index contributed by atoms with van der Waals surface area (Å²) in [6.07, 6.45) is -1.81. The van der Waals surface area contributed by atoms with E-state index in [1.807, 2.05) is 11.0 Å². The zero-order chi connectivity index (χ0) is 29.0. The van der Waals surface area contributed by atoms with E-state index in [0.29, 0.717) is 18.5 Å². The van der Waals surface area contributed by atoms with E-state index < -0.39 is 60.9 Å². The summed E-state index contributed by atoms with van der Waals surface area (Å²) in [5.41, 5.74) is -1.77. The molecule has 2 amide bonds. The van der Waals surface area contributed by atoms with Crippen molar-refractivity contribution >= 4 is 19.1 Å². The number of nitrogens with one attached hydrogen (secondary N) is 1. The van der Waals surface area contributed by atoms with Crippen LogP contribution in [0.25, 0.3) is 0 Å². The van der Waals surface area contributed by atoms with Gasteiger partial charge >= 0.3 is 13.2 Å². The second-order valence-electron chi connectivity index (χ2n) is 10.9. The van der Waals surface area contributed by atoms with Crippen LogP contribution in [0.1, 0.15) is 39.2 Å². The molecule has 1 aromatic rings. The number of amides is 2. The van der Waals surface area contributed by atoms with E-state index in [2.05, 4.69) is 5.32 Å². The summed E-state index contributed by atoms with van der Waals surface area (Å²) in [5, 5.41) is 31.4. The summed E-state index contributed by atoms with van der Waals surface area (Å²) in [6, 6.07) is 7.14. The van der Waals surface area contributed by atoms with Crippen LogP contribution in [0.3, 0.4) is 0 Å². The van der Waals surface area contributed by atoms with E-state index in [1.165, 1.54) is 37.3 Å². The summed E-state index contributed by atoms with van der Waals surface area (Å²) in [5.74, 6) is -2.38. The van der Waals surface area contributed by atoms with E-state index >= 15 is 0 Å². The van der Waals surface area contributed by atoms with Gasteiger partial charge in [-0.05, 0) is 57.4 Å². The van der Waals surface area contributed by atoms with Crippen molar-refractivity contribution in [2.24, 2.45) is 0 Å². The lowest BCUT2D eigenvalue weighted by atomic mass is 9.76. The van der Waals surface area contributed by atoms with Crippen LogP contribution in [0.4, 0.5) is 18.0 Å². The maximum absolute atomic E-state index is 14.5. The largest absolute Gasteiger partial charge is 0.475 e. The number of carbonyl (C=O) groups excluding carboxylic acids is 2. The van der Waals surface area contributed by atoms with Crippen LogP contribution in [0.15, 0.2) is 35.9 Å². The van der Waals surface area contributed by atoms with Crippen molar-refractivity contribution in [1.29, 1.82) is 5.26 Å². The van der Waals surface area contributed by atoms with Crippen molar-refractivity contribution in [3.63, 3.8) is 0 Å². The lowest BCUT2D eigenvalue weighted by Crippen LogP contribution is -2.52. The van der Waals surface area contributed by atoms with Crippen LogP contribution in [-0.2, 0) is 16.0 Å². The zero-order valence-electron chi connectivity index (χ0n) is 22.2. The van der Waals surface area contributed by atoms with Crippen LogP contribution in [0.2, 0.25) is 0 Å². The Morgan fingerprint density at radius 2 is 1.95 bits per heavy atom. The predicted octanol–water partition coefficient (Wildman–Crippen LogP) is 2.08. The molecular weight excluding hydrogens is 516 g/mol. The molecule has 0 aliphatic carbocycles. The van der Waals surface area contributed by atoms with Gasteiger partial charge in [-0.2, -0.15) is 5.26 Å². The Labute approximate surface area is 226 Å². The van der Waals surface area contributed by atoms with Gasteiger partial charge in [0, 0.05) is 25.0 Å². The molecule has 0 radical (unpaired) electrons. The first kappa shape index (κ1) is 30.5. The third-order valence-corrected chi connectivity index (χ3v) is 7.28. The number of benzene rings is 1. The lowest BCUT2D eigenvalue weighted by molar-refractivity contribution is -0.131. The molecular formula is C26H34BF3N4O5. The minimum Gasteiger partial charge on any atom is -0.447 e. The average Bonchev–Trinajstić information content (AvgIpc) is 3.44. The fourth-order valence-electron chi connectivity index (χ4n) is 5.03.